The lowest BCUT2D eigenvalue weighted by Crippen LogP contribution is -2.40. The van der Waals surface area contributed by atoms with Gasteiger partial charge in [-0.15, -0.1) is 9.42 Å². The average molecular weight is 357 g/mol. The molecule has 132 valence electrons. The van der Waals surface area contributed by atoms with E-state index in [1.165, 1.54) is 9.13 Å². The minimum Gasteiger partial charge on any atom is -0.325 e. The molecular formula is C14H22N4O5P+. The average Bonchev–Trinajstić information content (AvgIpc) is 2.94. The summed E-state index contributed by atoms with van der Waals surface area (Å²) < 4.78 is 19.5. The number of rotatable bonds is 9. The Bertz CT molecular complexity index is 838. The number of unbranched alkanes of at least 4 members (excludes halogenated alkanes) is 1. The minimum absolute atomic E-state index is 0.110. The molecule has 2 aromatic rings. The Morgan fingerprint density at radius 3 is 2.58 bits per heavy atom. The van der Waals surface area contributed by atoms with E-state index < -0.39 is 8.25 Å². The molecule has 2 rings (SSSR count). The van der Waals surface area contributed by atoms with Crippen LogP contribution in [0.1, 0.15) is 33.1 Å². The second kappa shape index (κ2) is 8.32. The molecule has 0 radical (unpaired) electrons. The van der Waals surface area contributed by atoms with Crippen LogP contribution in [0.3, 0.4) is 0 Å². The molecule has 2 aromatic heterocycles. The first-order valence-corrected chi connectivity index (χ1v) is 9.11. The lowest BCUT2D eigenvalue weighted by atomic mass is 10.3. The zero-order valence-electron chi connectivity index (χ0n) is 13.8. The highest BCUT2D eigenvalue weighted by Crippen LogP contribution is 2.14. The molecule has 0 fully saturated rings. The van der Waals surface area contributed by atoms with Gasteiger partial charge in [0.15, 0.2) is 11.2 Å². The first-order chi connectivity index (χ1) is 11.5. The van der Waals surface area contributed by atoms with E-state index >= 15 is 0 Å². The second-order valence-electron chi connectivity index (χ2n) is 5.37. The summed E-state index contributed by atoms with van der Waals surface area (Å²) in [5, 5.41) is 0. The highest BCUT2D eigenvalue weighted by atomic mass is 31.1. The molecule has 0 aliphatic heterocycles. The lowest BCUT2D eigenvalue weighted by Gasteiger charge is -2.10. The van der Waals surface area contributed by atoms with Gasteiger partial charge in [0.05, 0.1) is 6.33 Å². The van der Waals surface area contributed by atoms with Gasteiger partial charge in [-0.2, -0.15) is 0 Å². The summed E-state index contributed by atoms with van der Waals surface area (Å²) >= 11 is 0. The number of aryl methyl sites for hydroxylation is 2. The van der Waals surface area contributed by atoms with E-state index in [0.29, 0.717) is 37.1 Å². The monoisotopic (exact) mass is 357 g/mol. The highest BCUT2D eigenvalue weighted by Gasteiger charge is 2.17. The number of aromatic nitrogens is 4. The summed E-state index contributed by atoms with van der Waals surface area (Å²) in [6.07, 6.45) is 3.42. The van der Waals surface area contributed by atoms with Gasteiger partial charge in [0.1, 0.15) is 6.61 Å². The molecule has 0 aliphatic rings. The van der Waals surface area contributed by atoms with Gasteiger partial charge < -0.3 is 4.57 Å². The number of hydrogen-bond acceptors (Lipinski definition) is 5. The molecule has 0 saturated heterocycles. The van der Waals surface area contributed by atoms with Gasteiger partial charge in [0, 0.05) is 24.2 Å². The molecule has 9 nitrogen and oxygen atoms in total. The van der Waals surface area contributed by atoms with E-state index in [1.54, 1.807) is 10.9 Å². The van der Waals surface area contributed by atoms with Crippen LogP contribution in [0, 0.1) is 0 Å². The maximum Gasteiger partial charge on any atom is 0.694 e. The number of hydrogen-bond donors (Lipinski definition) is 1. The Hall–Kier alpha value is -1.83. The third-order valence-corrected chi connectivity index (χ3v) is 4.15. The molecule has 24 heavy (non-hydrogen) atoms. The van der Waals surface area contributed by atoms with Gasteiger partial charge >= 0.3 is 13.9 Å². The highest BCUT2D eigenvalue weighted by molar-refractivity contribution is 7.32. The van der Waals surface area contributed by atoms with Crippen molar-refractivity contribution in [2.75, 3.05) is 6.61 Å². The van der Waals surface area contributed by atoms with E-state index in [4.69, 9.17) is 4.89 Å². The van der Waals surface area contributed by atoms with E-state index in [-0.39, 0.29) is 24.4 Å². The van der Waals surface area contributed by atoms with Gasteiger partial charge in [0.2, 0.25) is 0 Å². The van der Waals surface area contributed by atoms with Crippen molar-refractivity contribution in [1.82, 2.24) is 18.7 Å². The van der Waals surface area contributed by atoms with Crippen LogP contribution in [0.25, 0.3) is 11.2 Å². The van der Waals surface area contributed by atoms with E-state index in [0.717, 1.165) is 6.42 Å². The number of fused-ring (bicyclic) bond motifs is 1. The SMILES string of the molecule is CCCn1cnc2c1c(=O)n(CCCCO[P+](=O)O)c(=O)n2CC. The Morgan fingerprint density at radius 2 is 1.96 bits per heavy atom. The van der Waals surface area contributed by atoms with E-state index in [2.05, 4.69) is 9.51 Å². The van der Waals surface area contributed by atoms with Crippen molar-refractivity contribution < 1.29 is 14.0 Å². The van der Waals surface area contributed by atoms with Crippen LogP contribution in [0.5, 0.6) is 0 Å². The zero-order chi connectivity index (χ0) is 17.7. The summed E-state index contributed by atoms with van der Waals surface area (Å²) in [6, 6.07) is 0. The molecular weight excluding hydrogens is 335 g/mol. The van der Waals surface area contributed by atoms with Gasteiger partial charge in [-0.05, 0) is 26.2 Å². The van der Waals surface area contributed by atoms with Crippen LogP contribution in [-0.2, 0) is 28.7 Å². The smallest absolute Gasteiger partial charge is 0.325 e. The van der Waals surface area contributed by atoms with E-state index in [9.17, 15) is 14.2 Å². The van der Waals surface area contributed by atoms with Crippen LogP contribution in [-0.4, -0.2) is 30.2 Å². The Kier molecular flexibility index (Phi) is 6.42. The van der Waals surface area contributed by atoms with Gasteiger partial charge in [-0.3, -0.25) is 13.9 Å². The van der Waals surface area contributed by atoms with Crippen molar-refractivity contribution in [2.45, 2.75) is 52.7 Å². The molecule has 10 heteroatoms. The van der Waals surface area contributed by atoms with Crippen molar-refractivity contribution in [3.8, 4) is 0 Å². The fourth-order valence-electron chi connectivity index (χ4n) is 2.65. The van der Waals surface area contributed by atoms with Crippen LogP contribution >= 0.6 is 8.25 Å². The summed E-state index contributed by atoms with van der Waals surface area (Å²) in [6.45, 7) is 5.26. The molecule has 1 unspecified atom stereocenters. The molecule has 0 aromatic carbocycles. The number of nitrogens with zero attached hydrogens (tertiary/aromatic N) is 4. The molecule has 1 atom stereocenters. The predicted octanol–water partition coefficient (Wildman–Crippen LogP) is 1.24. The summed E-state index contributed by atoms with van der Waals surface area (Å²) in [4.78, 5) is 38.1. The minimum atomic E-state index is -2.61. The van der Waals surface area contributed by atoms with Crippen LogP contribution in [0.4, 0.5) is 0 Å². The Labute approximate surface area is 139 Å². The Morgan fingerprint density at radius 1 is 1.21 bits per heavy atom. The summed E-state index contributed by atoms with van der Waals surface area (Å²) in [5.74, 6) is 0. The molecule has 0 spiro atoms. The molecule has 0 amide bonds. The maximum atomic E-state index is 12.7. The zero-order valence-corrected chi connectivity index (χ0v) is 14.7. The summed E-state index contributed by atoms with van der Waals surface area (Å²) in [7, 11) is -2.61. The van der Waals surface area contributed by atoms with Crippen molar-refractivity contribution in [3.05, 3.63) is 27.2 Å². The fourth-order valence-corrected chi connectivity index (χ4v) is 2.93. The van der Waals surface area contributed by atoms with Gasteiger partial charge in [-0.1, -0.05) is 6.92 Å². The molecule has 1 N–H and O–H groups in total. The van der Waals surface area contributed by atoms with E-state index in [1.807, 2.05) is 13.8 Å². The fraction of sp³-hybridized carbons (Fsp3) is 0.643. The molecule has 2 heterocycles. The third kappa shape index (κ3) is 3.80. The third-order valence-electron chi connectivity index (χ3n) is 3.74. The topological polar surface area (TPSA) is 108 Å². The van der Waals surface area contributed by atoms with Crippen molar-refractivity contribution >= 4 is 19.4 Å². The van der Waals surface area contributed by atoms with Crippen LogP contribution in [0.15, 0.2) is 15.9 Å². The van der Waals surface area contributed by atoms with Crippen molar-refractivity contribution in [1.29, 1.82) is 0 Å². The second-order valence-corrected chi connectivity index (χ2v) is 6.11. The molecule has 0 saturated carbocycles. The first-order valence-electron chi connectivity index (χ1n) is 7.98. The van der Waals surface area contributed by atoms with Crippen molar-refractivity contribution in [2.24, 2.45) is 0 Å². The summed E-state index contributed by atoms with van der Waals surface area (Å²) in [5.41, 5.74) is 0.122. The molecule has 0 bridgehead atoms. The Balaban J connectivity index is 2.35. The van der Waals surface area contributed by atoms with Crippen LogP contribution < -0.4 is 11.2 Å². The van der Waals surface area contributed by atoms with Gasteiger partial charge in [0.25, 0.3) is 5.56 Å². The quantitative estimate of drug-likeness (QED) is 0.534. The predicted molar refractivity (Wildman–Crippen MR) is 89.2 cm³/mol. The van der Waals surface area contributed by atoms with Crippen molar-refractivity contribution in [3.63, 3.8) is 0 Å². The number of imidazole rings is 1. The maximum absolute atomic E-state index is 12.7. The standard InChI is InChI=1S/C14H21N4O5P/c1-3-7-16-10-15-12-11(16)13(19)18(14(20)17(12)4-2)8-5-6-9-23-24(21)22/h10H,3-9H2,1-2H3/p+1. The lowest BCUT2D eigenvalue weighted by molar-refractivity contribution is 0.272. The molecule has 0 aliphatic carbocycles. The van der Waals surface area contributed by atoms with Gasteiger partial charge in [-0.25, -0.2) is 9.78 Å². The normalized spacial score (nSPS) is 12.0. The van der Waals surface area contributed by atoms with Crippen LogP contribution in [0.2, 0.25) is 0 Å². The first kappa shape index (κ1) is 18.5. The largest absolute Gasteiger partial charge is 0.694 e.